The van der Waals surface area contributed by atoms with Crippen LogP contribution in [0.25, 0.3) is 0 Å². The Hall–Kier alpha value is -0.800. The molecule has 2 N–H and O–H groups in total. The lowest BCUT2D eigenvalue weighted by molar-refractivity contribution is 0.311. The number of rotatable bonds is 3. The third kappa shape index (κ3) is 2.74. The van der Waals surface area contributed by atoms with E-state index >= 15 is 0 Å². The van der Waals surface area contributed by atoms with E-state index in [1.165, 1.54) is 0 Å². The van der Waals surface area contributed by atoms with E-state index in [4.69, 9.17) is 16.7 Å². The van der Waals surface area contributed by atoms with Crippen molar-refractivity contribution in [2.45, 2.75) is 0 Å². The number of anilines is 1. The van der Waals surface area contributed by atoms with Crippen molar-refractivity contribution in [3.8, 4) is 0 Å². The quantitative estimate of drug-likeness (QED) is 0.673. The second-order valence-corrected chi connectivity index (χ2v) is 2.41. The molecule has 0 bridgehead atoms. The predicted octanol–water partition coefficient (Wildman–Crippen LogP) is 1.14. The summed E-state index contributed by atoms with van der Waals surface area (Å²) in [6.07, 6.45) is 1.62. The summed E-state index contributed by atoms with van der Waals surface area (Å²) in [5.41, 5.74) is 0.864. The molecule has 11 heavy (non-hydrogen) atoms. The number of aliphatic hydroxyl groups excluding tert-OH is 1. The van der Waals surface area contributed by atoms with Crippen LogP contribution in [-0.2, 0) is 0 Å². The van der Waals surface area contributed by atoms with Crippen LogP contribution in [0.3, 0.4) is 0 Å². The van der Waals surface area contributed by atoms with Crippen LogP contribution in [0.5, 0.6) is 0 Å². The fraction of sp³-hybridized carbons (Fsp3) is 0.286. The lowest BCUT2D eigenvalue weighted by Crippen LogP contribution is -2.05. The largest absolute Gasteiger partial charge is 0.395 e. The molecule has 0 aliphatic rings. The zero-order chi connectivity index (χ0) is 8.10. The Morgan fingerprint density at radius 2 is 2.36 bits per heavy atom. The normalized spacial score (nSPS) is 9.64. The van der Waals surface area contributed by atoms with Crippen molar-refractivity contribution in [3.05, 3.63) is 23.5 Å². The number of pyridine rings is 1. The Morgan fingerprint density at radius 1 is 1.55 bits per heavy atom. The van der Waals surface area contributed by atoms with Gasteiger partial charge in [-0.3, -0.25) is 0 Å². The Labute approximate surface area is 70.0 Å². The third-order valence-electron chi connectivity index (χ3n) is 1.17. The van der Waals surface area contributed by atoms with E-state index in [2.05, 4.69) is 10.3 Å². The van der Waals surface area contributed by atoms with Crippen LogP contribution in [-0.4, -0.2) is 23.2 Å². The van der Waals surface area contributed by atoms with Crippen LogP contribution >= 0.6 is 11.6 Å². The zero-order valence-electron chi connectivity index (χ0n) is 5.92. The van der Waals surface area contributed by atoms with Gasteiger partial charge in [0.05, 0.1) is 18.5 Å². The minimum absolute atomic E-state index is 0.114. The van der Waals surface area contributed by atoms with Gasteiger partial charge in [-0.25, -0.2) is 4.98 Å². The molecule has 4 heteroatoms. The molecule has 1 aromatic rings. The Bertz CT molecular complexity index is 212. The molecule has 0 saturated carbocycles. The van der Waals surface area contributed by atoms with Crippen LogP contribution in [0.1, 0.15) is 0 Å². The lowest BCUT2D eigenvalue weighted by Gasteiger charge is -2.01. The molecule has 0 aromatic carbocycles. The van der Waals surface area contributed by atoms with Gasteiger partial charge in [0.15, 0.2) is 0 Å². The molecule has 0 radical (unpaired) electrons. The predicted molar refractivity (Wildman–Crippen MR) is 44.8 cm³/mol. The molecule has 0 aliphatic heterocycles. The van der Waals surface area contributed by atoms with Gasteiger partial charge in [-0.2, -0.15) is 0 Å². The molecule has 0 spiro atoms. The lowest BCUT2D eigenvalue weighted by atomic mass is 10.4. The van der Waals surface area contributed by atoms with Gasteiger partial charge in [-0.05, 0) is 12.1 Å². The fourth-order valence-electron chi connectivity index (χ4n) is 0.681. The monoisotopic (exact) mass is 172 g/mol. The van der Waals surface area contributed by atoms with Crippen LogP contribution < -0.4 is 5.32 Å². The van der Waals surface area contributed by atoms with Gasteiger partial charge in [0, 0.05) is 6.54 Å². The molecule has 3 nitrogen and oxygen atoms in total. The van der Waals surface area contributed by atoms with Gasteiger partial charge in [0.1, 0.15) is 5.15 Å². The highest BCUT2D eigenvalue weighted by atomic mass is 35.5. The van der Waals surface area contributed by atoms with Crippen molar-refractivity contribution in [1.82, 2.24) is 4.98 Å². The van der Waals surface area contributed by atoms with E-state index < -0.39 is 0 Å². The summed E-state index contributed by atoms with van der Waals surface area (Å²) >= 11 is 5.56. The van der Waals surface area contributed by atoms with Gasteiger partial charge < -0.3 is 10.4 Å². The molecule has 1 rings (SSSR count). The van der Waals surface area contributed by atoms with Gasteiger partial charge in [0.25, 0.3) is 0 Å². The van der Waals surface area contributed by atoms with E-state index in [-0.39, 0.29) is 6.61 Å². The molecular weight excluding hydrogens is 164 g/mol. The second kappa shape index (κ2) is 4.16. The smallest absolute Gasteiger partial charge is 0.129 e. The Morgan fingerprint density at radius 3 is 2.91 bits per heavy atom. The first-order valence-corrected chi connectivity index (χ1v) is 3.67. The van der Waals surface area contributed by atoms with Crippen molar-refractivity contribution in [1.29, 1.82) is 0 Å². The maximum Gasteiger partial charge on any atom is 0.129 e. The van der Waals surface area contributed by atoms with Crippen molar-refractivity contribution in [3.63, 3.8) is 0 Å². The van der Waals surface area contributed by atoms with E-state index in [1.54, 1.807) is 12.3 Å². The summed E-state index contributed by atoms with van der Waals surface area (Å²) in [6.45, 7) is 0.645. The Balaban J connectivity index is 2.52. The van der Waals surface area contributed by atoms with Crippen molar-refractivity contribution in [2.75, 3.05) is 18.5 Å². The molecule has 0 saturated heterocycles. The molecular formula is C7H9ClN2O. The molecule has 0 aliphatic carbocycles. The van der Waals surface area contributed by atoms with Crippen LogP contribution in [0.4, 0.5) is 5.69 Å². The Kier molecular flexibility index (Phi) is 3.14. The third-order valence-corrected chi connectivity index (χ3v) is 1.39. The highest BCUT2D eigenvalue weighted by molar-refractivity contribution is 6.29. The molecule has 1 heterocycles. The van der Waals surface area contributed by atoms with Crippen molar-refractivity contribution in [2.24, 2.45) is 0 Å². The summed E-state index contributed by atoms with van der Waals surface area (Å²) < 4.78 is 0. The van der Waals surface area contributed by atoms with E-state index in [1.807, 2.05) is 6.07 Å². The van der Waals surface area contributed by atoms with E-state index in [9.17, 15) is 0 Å². The molecule has 0 unspecified atom stereocenters. The second-order valence-electron chi connectivity index (χ2n) is 2.02. The first kappa shape index (κ1) is 8.30. The SMILES string of the molecule is OCCNc1ccc(Cl)nc1. The summed E-state index contributed by atoms with van der Waals surface area (Å²) in [5, 5.41) is 11.9. The van der Waals surface area contributed by atoms with Gasteiger partial charge in [-0.15, -0.1) is 0 Å². The van der Waals surface area contributed by atoms with Gasteiger partial charge >= 0.3 is 0 Å². The first-order chi connectivity index (χ1) is 5.33. The van der Waals surface area contributed by atoms with Crippen LogP contribution in [0, 0.1) is 0 Å². The highest BCUT2D eigenvalue weighted by Gasteiger charge is 1.90. The summed E-state index contributed by atoms with van der Waals surface area (Å²) in [5.74, 6) is 0. The standard InChI is InChI=1S/C7H9ClN2O/c8-7-2-1-6(5-10-7)9-3-4-11/h1-2,5,9,11H,3-4H2. The molecule has 0 amide bonds. The molecule has 0 atom stereocenters. The van der Waals surface area contributed by atoms with Crippen LogP contribution in [0.2, 0.25) is 5.15 Å². The fourth-order valence-corrected chi connectivity index (χ4v) is 0.792. The summed E-state index contributed by atoms with van der Waals surface area (Å²) in [7, 11) is 0. The average Bonchev–Trinajstić information content (AvgIpc) is 2.04. The molecule has 1 aromatic heterocycles. The summed E-state index contributed by atoms with van der Waals surface area (Å²) in [6, 6.07) is 3.51. The number of nitrogens with one attached hydrogen (secondary N) is 1. The van der Waals surface area contributed by atoms with Gasteiger partial charge in [0.2, 0.25) is 0 Å². The minimum atomic E-state index is 0.114. The van der Waals surface area contributed by atoms with Crippen molar-refractivity contribution >= 4 is 17.3 Å². The molecule has 0 fully saturated rings. The number of hydrogen-bond donors (Lipinski definition) is 2. The maximum atomic E-state index is 8.47. The summed E-state index contributed by atoms with van der Waals surface area (Å²) in [4.78, 5) is 3.85. The van der Waals surface area contributed by atoms with E-state index in [0.717, 1.165) is 5.69 Å². The first-order valence-electron chi connectivity index (χ1n) is 3.29. The van der Waals surface area contributed by atoms with Gasteiger partial charge in [-0.1, -0.05) is 11.6 Å². The molecule has 60 valence electrons. The zero-order valence-corrected chi connectivity index (χ0v) is 6.67. The van der Waals surface area contributed by atoms with Crippen LogP contribution in [0.15, 0.2) is 18.3 Å². The minimum Gasteiger partial charge on any atom is -0.395 e. The topological polar surface area (TPSA) is 45.1 Å². The number of nitrogens with zero attached hydrogens (tertiary/aromatic N) is 1. The average molecular weight is 173 g/mol. The number of aromatic nitrogens is 1. The number of aliphatic hydroxyl groups is 1. The van der Waals surface area contributed by atoms with Crippen molar-refractivity contribution < 1.29 is 5.11 Å². The highest BCUT2D eigenvalue weighted by Crippen LogP contribution is 2.08. The van der Waals surface area contributed by atoms with E-state index in [0.29, 0.717) is 11.7 Å². The number of halogens is 1. The number of hydrogen-bond acceptors (Lipinski definition) is 3. The maximum absolute atomic E-state index is 8.47.